The molecule has 0 aliphatic heterocycles. The van der Waals surface area contributed by atoms with E-state index in [-0.39, 0.29) is 22.6 Å². The molecular weight excluding hydrogens is 395 g/mol. The van der Waals surface area contributed by atoms with Crippen molar-refractivity contribution in [2.24, 2.45) is 7.05 Å². The van der Waals surface area contributed by atoms with Crippen molar-refractivity contribution >= 4 is 11.2 Å². The van der Waals surface area contributed by atoms with Crippen LogP contribution in [-0.2, 0) is 13.5 Å². The molecule has 2 heterocycles. The predicted molar refractivity (Wildman–Crippen MR) is 119 cm³/mol. The summed E-state index contributed by atoms with van der Waals surface area (Å²) in [7, 11) is 1.43. The zero-order chi connectivity index (χ0) is 22.3. The minimum absolute atomic E-state index is 0.0811. The van der Waals surface area contributed by atoms with Gasteiger partial charge in [-0.25, -0.2) is 23.7 Å². The second kappa shape index (κ2) is 7.91. The monoisotopic (exact) mass is 418 g/mol. The van der Waals surface area contributed by atoms with Gasteiger partial charge in [0.25, 0.3) is 5.56 Å². The number of hydrogen-bond acceptors (Lipinski definition) is 4. The van der Waals surface area contributed by atoms with Crippen LogP contribution in [-0.4, -0.2) is 19.1 Å². The van der Waals surface area contributed by atoms with E-state index in [4.69, 9.17) is 0 Å². The summed E-state index contributed by atoms with van der Waals surface area (Å²) in [5, 5.41) is 0. The van der Waals surface area contributed by atoms with Gasteiger partial charge < -0.3 is 0 Å². The fourth-order valence-corrected chi connectivity index (χ4v) is 3.76. The first-order valence-electron chi connectivity index (χ1n) is 10.2. The van der Waals surface area contributed by atoms with Crippen molar-refractivity contribution in [2.45, 2.75) is 33.1 Å². The maximum atomic E-state index is 14.6. The number of nitrogens with zero attached hydrogens (tertiary/aromatic N) is 4. The van der Waals surface area contributed by atoms with E-state index in [2.05, 4.69) is 9.97 Å². The normalized spacial score (nSPS) is 11.4. The summed E-state index contributed by atoms with van der Waals surface area (Å²) in [6.45, 7) is 5.92. The molecule has 0 N–H and O–H groups in total. The van der Waals surface area contributed by atoms with E-state index in [1.807, 2.05) is 45.0 Å². The summed E-state index contributed by atoms with van der Waals surface area (Å²) in [6, 6.07) is 13.8. The van der Waals surface area contributed by atoms with E-state index in [1.165, 1.54) is 17.7 Å². The molecular formula is C24H23FN4O2. The number of aromatic nitrogens is 4. The molecule has 2 aromatic carbocycles. The molecule has 0 amide bonds. The summed E-state index contributed by atoms with van der Waals surface area (Å²) < 4.78 is 17.0. The fourth-order valence-electron chi connectivity index (χ4n) is 3.76. The van der Waals surface area contributed by atoms with Crippen LogP contribution in [0.3, 0.4) is 0 Å². The standard InChI is InChI=1S/C24H23FN4O2/c1-5-18-20(16-11-6-8-12-17(16)25)27-22-21(26-18)23(30)28(4)24(31)29(22)19-13-9-7-10-15(19)14(2)3/h6-14H,5H2,1-4H3. The van der Waals surface area contributed by atoms with Crippen molar-refractivity contribution in [2.75, 3.05) is 0 Å². The second-order valence-electron chi connectivity index (χ2n) is 7.72. The Morgan fingerprint density at radius 1 is 1.00 bits per heavy atom. The molecule has 31 heavy (non-hydrogen) atoms. The third-order valence-electron chi connectivity index (χ3n) is 5.41. The maximum Gasteiger partial charge on any atom is 0.337 e. The van der Waals surface area contributed by atoms with Gasteiger partial charge in [-0.3, -0.25) is 9.36 Å². The van der Waals surface area contributed by atoms with Crippen molar-refractivity contribution in [1.82, 2.24) is 19.1 Å². The van der Waals surface area contributed by atoms with E-state index in [0.29, 0.717) is 23.5 Å². The Morgan fingerprint density at radius 3 is 2.35 bits per heavy atom. The van der Waals surface area contributed by atoms with Crippen molar-refractivity contribution < 1.29 is 4.39 Å². The van der Waals surface area contributed by atoms with Crippen molar-refractivity contribution in [3.63, 3.8) is 0 Å². The fraction of sp³-hybridized carbons (Fsp3) is 0.250. The van der Waals surface area contributed by atoms with Crippen LogP contribution in [0.1, 0.15) is 37.9 Å². The summed E-state index contributed by atoms with van der Waals surface area (Å²) in [5.74, 6) is -0.310. The largest absolute Gasteiger partial charge is 0.337 e. The Hall–Kier alpha value is -3.61. The molecule has 0 unspecified atom stereocenters. The third-order valence-corrected chi connectivity index (χ3v) is 5.41. The lowest BCUT2D eigenvalue weighted by molar-refractivity contribution is 0.630. The van der Waals surface area contributed by atoms with Crippen LogP contribution < -0.4 is 11.2 Å². The number of rotatable bonds is 4. The Balaban J connectivity index is 2.20. The van der Waals surface area contributed by atoms with E-state index in [9.17, 15) is 14.0 Å². The molecule has 4 rings (SSSR count). The highest BCUT2D eigenvalue weighted by Crippen LogP contribution is 2.27. The van der Waals surface area contributed by atoms with Crippen LogP contribution in [0.5, 0.6) is 0 Å². The number of halogens is 1. The molecule has 4 aromatic rings. The minimum atomic E-state index is -0.527. The molecule has 0 aliphatic rings. The van der Waals surface area contributed by atoms with Gasteiger partial charge in [-0.05, 0) is 36.1 Å². The molecule has 7 heteroatoms. The highest BCUT2D eigenvalue weighted by atomic mass is 19.1. The van der Waals surface area contributed by atoms with Gasteiger partial charge in [-0.2, -0.15) is 0 Å². The van der Waals surface area contributed by atoms with E-state index in [0.717, 1.165) is 10.1 Å². The van der Waals surface area contributed by atoms with Crippen LogP contribution in [0.2, 0.25) is 0 Å². The van der Waals surface area contributed by atoms with E-state index >= 15 is 0 Å². The van der Waals surface area contributed by atoms with Crippen molar-refractivity contribution in [3.8, 4) is 16.9 Å². The average molecular weight is 418 g/mol. The number of para-hydroxylation sites is 1. The number of fused-ring (bicyclic) bond motifs is 1. The van der Waals surface area contributed by atoms with Gasteiger partial charge in [-0.15, -0.1) is 0 Å². The van der Waals surface area contributed by atoms with Gasteiger partial charge in [0.1, 0.15) is 5.82 Å². The molecule has 2 aromatic heterocycles. The Morgan fingerprint density at radius 2 is 1.68 bits per heavy atom. The lowest BCUT2D eigenvalue weighted by Crippen LogP contribution is -2.38. The zero-order valence-electron chi connectivity index (χ0n) is 17.9. The predicted octanol–water partition coefficient (Wildman–Crippen LogP) is 3.97. The Labute approximate surface area is 178 Å². The van der Waals surface area contributed by atoms with Crippen molar-refractivity contribution in [1.29, 1.82) is 0 Å². The van der Waals surface area contributed by atoms with Crippen molar-refractivity contribution in [3.05, 3.63) is 86.4 Å². The Kier molecular flexibility index (Phi) is 5.27. The average Bonchev–Trinajstić information content (AvgIpc) is 2.77. The van der Waals surface area contributed by atoms with Gasteiger partial charge in [0, 0.05) is 12.6 Å². The van der Waals surface area contributed by atoms with Crippen LogP contribution in [0, 0.1) is 5.82 Å². The Bertz CT molecular complexity index is 1420. The number of hydrogen-bond donors (Lipinski definition) is 0. The molecule has 0 bridgehead atoms. The lowest BCUT2D eigenvalue weighted by Gasteiger charge is -2.18. The van der Waals surface area contributed by atoms with Gasteiger partial charge in [0.05, 0.1) is 17.1 Å². The first kappa shape index (κ1) is 20.7. The molecule has 0 aliphatic carbocycles. The maximum absolute atomic E-state index is 14.6. The highest BCUT2D eigenvalue weighted by Gasteiger charge is 2.21. The molecule has 0 fully saturated rings. The smallest absolute Gasteiger partial charge is 0.267 e. The first-order chi connectivity index (χ1) is 14.8. The molecule has 0 saturated heterocycles. The minimum Gasteiger partial charge on any atom is -0.267 e. The summed E-state index contributed by atoms with van der Waals surface area (Å²) in [6.07, 6.45) is 0.456. The van der Waals surface area contributed by atoms with Crippen LogP contribution in [0.25, 0.3) is 28.1 Å². The van der Waals surface area contributed by atoms with Crippen LogP contribution in [0.4, 0.5) is 4.39 Å². The third kappa shape index (κ3) is 3.36. The summed E-state index contributed by atoms with van der Waals surface area (Å²) in [5.41, 5.74) is 1.82. The van der Waals surface area contributed by atoms with Gasteiger partial charge in [-0.1, -0.05) is 51.1 Å². The van der Waals surface area contributed by atoms with Gasteiger partial charge in [0.2, 0.25) is 0 Å². The first-order valence-corrected chi connectivity index (χ1v) is 10.2. The van der Waals surface area contributed by atoms with Crippen LogP contribution >= 0.6 is 0 Å². The molecule has 158 valence electrons. The second-order valence-corrected chi connectivity index (χ2v) is 7.72. The van der Waals surface area contributed by atoms with E-state index < -0.39 is 17.1 Å². The summed E-state index contributed by atoms with van der Waals surface area (Å²) in [4.78, 5) is 35.4. The molecule has 0 atom stereocenters. The van der Waals surface area contributed by atoms with Crippen LogP contribution in [0.15, 0.2) is 58.1 Å². The van der Waals surface area contributed by atoms with Gasteiger partial charge >= 0.3 is 5.69 Å². The topological polar surface area (TPSA) is 69.8 Å². The SMILES string of the molecule is CCc1nc2c(=O)n(C)c(=O)n(-c3ccccc3C(C)C)c2nc1-c1ccccc1F. The number of aryl methyl sites for hydroxylation is 1. The zero-order valence-corrected chi connectivity index (χ0v) is 17.9. The molecule has 0 spiro atoms. The van der Waals surface area contributed by atoms with Gasteiger partial charge in [0.15, 0.2) is 11.2 Å². The quantitative estimate of drug-likeness (QED) is 0.503. The van der Waals surface area contributed by atoms with E-state index in [1.54, 1.807) is 18.2 Å². The summed E-state index contributed by atoms with van der Waals surface area (Å²) >= 11 is 0. The highest BCUT2D eigenvalue weighted by molar-refractivity contribution is 5.77. The number of benzene rings is 2. The molecule has 0 saturated carbocycles. The molecule has 0 radical (unpaired) electrons. The molecule has 6 nitrogen and oxygen atoms in total. The lowest BCUT2D eigenvalue weighted by atomic mass is 10.0.